The summed E-state index contributed by atoms with van der Waals surface area (Å²) in [6, 6.07) is 15.6. The molecule has 1 fully saturated rings. The van der Waals surface area contributed by atoms with Gasteiger partial charge in [-0.25, -0.2) is 9.78 Å². The first-order valence-corrected chi connectivity index (χ1v) is 11.3. The fourth-order valence-corrected chi connectivity index (χ4v) is 3.79. The molecule has 8 nitrogen and oxygen atoms in total. The van der Waals surface area contributed by atoms with Gasteiger partial charge in [-0.2, -0.15) is 0 Å². The zero-order valence-electron chi connectivity index (χ0n) is 19.5. The van der Waals surface area contributed by atoms with Crippen LogP contribution in [-0.4, -0.2) is 82.0 Å². The van der Waals surface area contributed by atoms with Gasteiger partial charge in [-0.05, 0) is 32.9 Å². The normalized spacial score (nSPS) is 16.1. The molecular weight excluding hydrogens is 420 g/mol. The monoisotopic (exact) mass is 452 g/mol. The number of benzene rings is 2. The second-order valence-electron chi connectivity index (χ2n) is 9.36. The maximum atomic E-state index is 12.2. The van der Waals surface area contributed by atoms with Crippen LogP contribution in [0, 0.1) is 0 Å². The van der Waals surface area contributed by atoms with E-state index in [-0.39, 0.29) is 12.7 Å². The van der Waals surface area contributed by atoms with Crippen molar-refractivity contribution >= 4 is 17.1 Å². The zero-order chi connectivity index (χ0) is 23.4. The first-order valence-electron chi connectivity index (χ1n) is 11.3. The molecule has 1 amide bonds. The van der Waals surface area contributed by atoms with E-state index in [0.717, 1.165) is 22.4 Å². The minimum atomic E-state index is -0.629. The van der Waals surface area contributed by atoms with Gasteiger partial charge in [-0.3, -0.25) is 4.90 Å². The van der Waals surface area contributed by atoms with Crippen molar-refractivity contribution in [3.05, 3.63) is 48.5 Å². The lowest BCUT2D eigenvalue weighted by Gasteiger charge is -2.36. The summed E-state index contributed by atoms with van der Waals surface area (Å²) in [6.07, 6.45) is -0.911. The lowest BCUT2D eigenvalue weighted by Crippen LogP contribution is -2.51. The number of aromatic amines is 1. The lowest BCUT2D eigenvalue weighted by atomic mass is 10.2. The van der Waals surface area contributed by atoms with E-state index in [2.05, 4.69) is 14.9 Å². The van der Waals surface area contributed by atoms with Gasteiger partial charge in [0.2, 0.25) is 0 Å². The molecule has 1 atom stereocenters. The lowest BCUT2D eigenvalue weighted by molar-refractivity contribution is 0.00713. The van der Waals surface area contributed by atoms with E-state index in [9.17, 15) is 9.90 Å². The number of hydrogen-bond donors (Lipinski definition) is 2. The fourth-order valence-electron chi connectivity index (χ4n) is 3.79. The van der Waals surface area contributed by atoms with Crippen molar-refractivity contribution in [3.8, 4) is 17.1 Å². The zero-order valence-corrected chi connectivity index (χ0v) is 19.5. The van der Waals surface area contributed by atoms with Crippen molar-refractivity contribution in [2.24, 2.45) is 0 Å². The van der Waals surface area contributed by atoms with Gasteiger partial charge < -0.3 is 24.5 Å². The molecule has 0 bridgehead atoms. The molecule has 8 heteroatoms. The van der Waals surface area contributed by atoms with Crippen molar-refractivity contribution in [2.45, 2.75) is 32.5 Å². The number of carbonyl (C=O) groups excluding carboxylic acids is 1. The minimum Gasteiger partial charge on any atom is -0.491 e. The van der Waals surface area contributed by atoms with Crippen LogP contribution in [0.15, 0.2) is 48.5 Å². The molecule has 4 rings (SSSR count). The predicted molar refractivity (Wildman–Crippen MR) is 127 cm³/mol. The molecule has 2 aromatic carbocycles. The van der Waals surface area contributed by atoms with Crippen LogP contribution in [0.2, 0.25) is 0 Å². The molecule has 1 unspecified atom stereocenters. The van der Waals surface area contributed by atoms with Gasteiger partial charge in [-0.1, -0.05) is 30.3 Å². The fraction of sp³-hybridized carbons (Fsp3) is 0.440. The number of imidazole rings is 1. The highest BCUT2D eigenvalue weighted by molar-refractivity contribution is 5.80. The number of fused-ring (bicyclic) bond motifs is 1. The highest BCUT2D eigenvalue weighted by Crippen LogP contribution is 2.24. The summed E-state index contributed by atoms with van der Waals surface area (Å²) in [6.45, 7) is 8.84. The Hall–Kier alpha value is -3.10. The molecule has 1 saturated heterocycles. The molecule has 0 spiro atoms. The topological polar surface area (TPSA) is 90.9 Å². The molecule has 2 heterocycles. The summed E-state index contributed by atoms with van der Waals surface area (Å²) < 4.78 is 11.3. The molecule has 2 N–H and O–H groups in total. The smallest absolute Gasteiger partial charge is 0.410 e. The van der Waals surface area contributed by atoms with Crippen molar-refractivity contribution < 1.29 is 19.4 Å². The Morgan fingerprint density at radius 1 is 1.12 bits per heavy atom. The summed E-state index contributed by atoms with van der Waals surface area (Å²) in [5, 5.41) is 10.5. The van der Waals surface area contributed by atoms with Gasteiger partial charge in [0, 0.05) is 44.4 Å². The first kappa shape index (κ1) is 23.1. The predicted octanol–water partition coefficient (Wildman–Crippen LogP) is 3.52. The molecule has 1 aliphatic rings. The average Bonchev–Trinajstić information content (AvgIpc) is 3.21. The van der Waals surface area contributed by atoms with Gasteiger partial charge in [0.15, 0.2) is 0 Å². The minimum absolute atomic E-state index is 0.192. The van der Waals surface area contributed by atoms with Crippen molar-refractivity contribution in [3.63, 3.8) is 0 Å². The number of nitrogens with one attached hydrogen (secondary N) is 1. The summed E-state index contributed by atoms with van der Waals surface area (Å²) in [5.41, 5.74) is 2.28. The first-order chi connectivity index (χ1) is 15.8. The van der Waals surface area contributed by atoms with E-state index < -0.39 is 11.7 Å². The number of ether oxygens (including phenoxy) is 2. The number of hydrogen-bond acceptors (Lipinski definition) is 6. The molecule has 0 aliphatic carbocycles. The molecule has 3 aromatic rings. The van der Waals surface area contributed by atoms with Crippen LogP contribution in [0.5, 0.6) is 5.75 Å². The van der Waals surface area contributed by atoms with Gasteiger partial charge in [0.05, 0.1) is 11.0 Å². The van der Waals surface area contributed by atoms with E-state index in [1.165, 1.54) is 0 Å². The number of piperazine rings is 1. The maximum Gasteiger partial charge on any atom is 0.410 e. The number of nitrogens with zero attached hydrogens (tertiary/aromatic N) is 3. The van der Waals surface area contributed by atoms with Gasteiger partial charge in [-0.15, -0.1) is 0 Å². The van der Waals surface area contributed by atoms with Gasteiger partial charge in [0.1, 0.15) is 29.9 Å². The van der Waals surface area contributed by atoms with Crippen molar-refractivity contribution in [2.75, 3.05) is 39.3 Å². The van der Waals surface area contributed by atoms with Crippen LogP contribution in [0.25, 0.3) is 22.4 Å². The third-order valence-corrected chi connectivity index (χ3v) is 5.44. The number of aromatic nitrogens is 2. The Morgan fingerprint density at radius 2 is 1.85 bits per heavy atom. The van der Waals surface area contributed by atoms with Crippen LogP contribution >= 0.6 is 0 Å². The molecule has 0 saturated carbocycles. The maximum absolute atomic E-state index is 12.2. The molecule has 0 radical (unpaired) electrons. The van der Waals surface area contributed by atoms with E-state index >= 15 is 0 Å². The molecule has 33 heavy (non-hydrogen) atoms. The third kappa shape index (κ3) is 6.24. The SMILES string of the molecule is CC(C)(C)OC(=O)N1CCN(CC(O)COc2ccc3nc(-c4ccccc4)[nH]c3c2)CC1. The largest absolute Gasteiger partial charge is 0.491 e. The van der Waals surface area contributed by atoms with Crippen LogP contribution < -0.4 is 4.74 Å². The van der Waals surface area contributed by atoms with Gasteiger partial charge >= 0.3 is 6.09 Å². The van der Waals surface area contributed by atoms with E-state index in [1.807, 2.05) is 69.3 Å². The average molecular weight is 453 g/mol. The Labute approximate surface area is 194 Å². The van der Waals surface area contributed by atoms with E-state index in [1.54, 1.807) is 4.90 Å². The highest BCUT2D eigenvalue weighted by atomic mass is 16.6. The second kappa shape index (κ2) is 9.80. The summed E-state index contributed by atoms with van der Waals surface area (Å²) >= 11 is 0. The third-order valence-electron chi connectivity index (χ3n) is 5.44. The number of H-pyrrole nitrogens is 1. The second-order valence-corrected chi connectivity index (χ2v) is 9.36. The van der Waals surface area contributed by atoms with Gasteiger partial charge in [0.25, 0.3) is 0 Å². The Morgan fingerprint density at radius 3 is 2.55 bits per heavy atom. The number of β-amino-alcohol motifs (C(OH)–C–C–N with tert-alkyl or cyclic N) is 1. The van der Waals surface area contributed by atoms with Crippen molar-refractivity contribution in [1.29, 1.82) is 0 Å². The summed E-state index contributed by atoms with van der Waals surface area (Å²) in [5.74, 6) is 1.49. The number of aliphatic hydroxyl groups excluding tert-OH is 1. The molecule has 1 aliphatic heterocycles. The summed E-state index contributed by atoms with van der Waals surface area (Å²) in [7, 11) is 0. The Bertz CT molecular complexity index is 1070. The van der Waals surface area contributed by atoms with Crippen LogP contribution in [0.1, 0.15) is 20.8 Å². The van der Waals surface area contributed by atoms with Crippen molar-refractivity contribution in [1.82, 2.24) is 19.8 Å². The molecular formula is C25H32N4O4. The number of aliphatic hydroxyl groups is 1. The Kier molecular flexibility index (Phi) is 6.85. The van der Waals surface area contributed by atoms with Crippen LogP contribution in [-0.2, 0) is 4.74 Å². The Balaban J connectivity index is 1.25. The summed E-state index contributed by atoms with van der Waals surface area (Å²) in [4.78, 5) is 24.0. The van der Waals surface area contributed by atoms with Crippen LogP contribution in [0.4, 0.5) is 4.79 Å². The molecule has 1 aromatic heterocycles. The number of amides is 1. The van der Waals surface area contributed by atoms with E-state index in [0.29, 0.717) is 38.5 Å². The van der Waals surface area contributed by atoms with Crippen LogP contribution in [0.3, 0.4) is 0 Å². The number of carbonyl (C=O) groups is 1. The highest BCUT2D eigenvalue weighted by Gasteiger charge is 2.26. The quantitative estimate of drug-likeness (QED) is 0.595. The standard InChI is InChI=1S/C25H32N4O4/c1-25(2,3)33-24(31)29-13-11-28(12-14-29)16-19(30)17-32-20-9-10-21-22(15-20)27-23(26-21)18-7-5-4-6-8-18/h4-10,15,19,30H,11-14,16-17H2,1-3H3,(H,26,27). The number of rotatable bonds is 6. The molecule has 176 valence electrons. The van der Waals surface area contributed by atoms with E-state index in [4.69, 9.17) is 9.47 Å².